The molecule has 0 bridgehead atoms. The molecule has 0 unspecified atom stereocenters. The molecule has 0 saturated heterocycles. The molecule has 37 heavy (non-hydrogen) atoms. The summed E-state index contributed by atoms with van der Waals surface area (Å²) in [5.74, 6) is 0.767. The topological polar surface area (TPSA) is 25.8 Å². The van der Waals surface area contributed by atoms with Gasteiger partial charge >= 0.3 is 0 Å². The second kappa shape index (κ2) is 8.11. The lowest BCUT2D eigenvalue weighted by Gasteiger charge is -2.23. The van der Waals surface area contributed by atoms with Crippen molar-refractivity contribution in [1.29, 1.82) is 0 Å². The van der Waals surface area contributed by atoms with Crippen molar-refractivity contribution >= 4 is 21.5 Å². The van der Waals surface area contributed by atoms with Crippen molar-refractivity contribution in [2.24, 2.45) is 0 Å². The quantitative estimate of drug-likeness (QED) is 0.236. The van der Waals surface area contributed by atoms with Crippen molar-refractivity contribution in [2.45, 2.75) is 32.6 Å². The first-order valence-electron chi connectivity index (χ1n) is 13.1. The molecule has 7 rings (SSSR count). The van der Waals surface area contributed by atoms with Crippen LogP contribution >= 0.6 is 0 Å². The van der Waals surface area contributed by atoms with Gasteiger partial charge < -0.3 is 0 Å². The molecule has 1 aliphatic carbocycles. The second-order valence-corrected chi connectivity index (χ2v) is 10.7. The predicted octanol–water partition coefficient (Wildman–Crippen LogP) is 9.45. The van der Waals surface area contributed by atoms with Crippen LogP contribution in [0.15, 0.2) is 103 Å². The third-order valence-corrected chi connectivity index (χ3v) is 8.30. The molecule has 0 atom stereocenters. The highest BCUT2D eigenvalue weighted by molar-refractivity contribution is 6.28. The van der Waals surface area contributed by atoms with Crippen LogP contribution in [0.2, 0.25) is 0 Å². The molecular weight excluding hydrogens is 448 g/mol. The van der Waals surface area contributed by atoms with Gasteiger partial charge in [0.1, 0.15) is 0 Å². The lowest BCUT2D eigenvalue weighted by molar-refractivity contribution is 0.506. The molecule has 2 heteroatoms. The standard InChI is InChI=1S/C35H28N2/c1-4-35(2,3)24-18-16-22(17-19-24)23-20-36-34(37-21-23)33-29-13-8-7-12-28(29)31-26-11-6-5-10-25(26)27-14-9-15-30(33)32(27)31/h5-21H,4H2,1-3H3. The number of benzene rings is 5. The Morgan fingerprint density at radius 2 is 1.16 bits per heavy atom. The van der Waals surface area contributed by atoms with Crippen LogP contribution in [0.4, 0.5) is 0 Å². The van der Waals surface area contributed by atoms with Crippen molar-refractivity contribution in [2.75, 3.05) is 0 Å². The Morgan fingerprint density at radius 3 is 1.86 bits per heavy atom. The molecule has 5 aromatic carbocycles. The van der Waals surface area contributed by atoms with E-state index in [-0.39, 0.29) is 5.41 Å². The normalized spacial score (nSPS) is 12.3. The van der Waals surface area contributed by atoms with Gasteiger partial charge in [-0.2, -0.15) is 0 Å². The van der Waals surface area contributed by atoms with E-state index in [1.807, 2.05) is 12.4 Å². The van der Waals surface area contributed by atoms with Gasteiger partial charge in [-0.1, -0.05) is 112 Å². The maximum Gasteiger partial charge on any atom is 0.160 e. The fourth-order valence-corrected chi connectivity index (χ4v) is 5.83. The maximum absolute atomic E-state index is 4.93. The number of rotatable bonds is 4. The Labute approximate surface area is 217 Å². The number of aromatic nitrogens is 2. The SMILES string of the molecule is CCC(C)(C)c1ccc(-c2cnc(-c3c4ccccc4c4c5c(cccc35)-c3ccccc3-4)nc2)cc1. The van der Waals surface area contributed by atoms with Crippen molar-refractivity contribution in [3.8, 4) is 44.8 Å². The molecule has 1 aliphatic rings. The molecule has 1 heterocycles. The highest BCUT2D eigenvalue weighted by atomic mass is 14.9. The van der Waals surface area contributed by atoms with E-state index in [0.717, 1.165) is 28.9 Å². The zero-order chi connectivity index (χ0) is 25.1. The molecular formula is C35H28N2. The monoisotopic (exact) mass is 476 g/mol. The first-order chi connectivity index (χ1) is 18.1. The summed E-state index contributed by atoms with van der Waals surface area (Å²) in [5, 5.41) is 4.96. The largest absolute Gasteiger partial charge is 0.236 e. The summed E-state index contributed by atoms with van der Waals surface area (Å²) in [7, 11) is 0. The highest BCUT2D eigenvalue weighted by Gasteiger charge is 2.26. The smallest absolute Gasteiger partial charge is 0.160 e. The van der Waals surface area contributed by atoms with Gasteiger partial charge in [-0.3, -0.25) is 0 Å². The molecule has 0 aliphatic heterocycles. The Hall–Kier alpha value is -4.30. The van der Waals surface area contributed by atoms with Crippen molar-refractivity contribution in [3.05, 3.63) is 109 Å². The van der Waals surface area contributed by atoms with Gasteiger partial charge in [0.2, 0.25) is 0 Å². The summed E-state index contributed by atoms with van der Waals surface area (Å²) in [6.07, 6.45) is 5.04. The van der Waals surface area contributed by atoms with Gasteiger partial charge in [0, 0.05) is 23.5 Å². The molecule has 0 fully saturated rings. The molecule has 0 radical (unpaired) electrons. The summed E-state index contributed by atoms with van der Waals surface area (Å²) in [5.41, 5.74) is 10.0. The van der Waals surface area contributed by atoms with E-state index < -0.39 is 0 Å². The minimum Gasteiger partial charge on any atom is -0.236 e. The number of hydrogen-bond acceptors (Lipinski definition) is 2. The van der Waals surface area contributed by atoms with Gasteiger partial charge in [-0.25, -0.2) is 9.97 Å². The highest BCUT2D eigenvalue weighted by Crippen LogP contribution is 2.52. The van der Waals surface area contributed by atoms with Crippen LogP contribution in [0.1, 0.15) is 32.8 Å². The van der Waals surface area contributed by atoms with Crippen LogP contribution in [0.25, 0.3) is 66.3 Å². The Bertz CT molecular complexity index is 1810. The number of hydrogen-bond donors (Lipinski definition) is 0. The average Bonchev–Trinajstić information content (AvgIpc) is 3.29. The Kier molecular flexibility index (Phi) is 4.81. The predicted molar refractivity (Wildman–Crippen MR) is 156 cm³/mol. The summed E-state index contributed by atoms with van der Waals surface area (Å²) in [6, 6.07) is 32.9. The third-order valence-electron chi connectivity index (χ3n) is 8.30. The Balaban J connectivity index is 1.40. The minimum atomic E-state index is 0.176. The van der Waals surface area contributed by atoms with Crippen molar-refractivity contribution < 1.29 is 0 Å². The maximum atomic E-state index is 4.93. The average molecular weight is 477 g/mol. The lowest BCUT2D eigenvalue weighted by Crippen LogP contribution is -2.14. The van der Waals surface area contributed by atoms with E-state index in [9.17, 15) is 0 Å². The zero-order valence-corrected chi connectivity index (χ0v) is 21.4. The Morgan fingerprint density at radius 1 is 0.568 bits per heavy atom. The van der Waals surface area contributed by atoms with E-state index >= 15 is 0 Å². The molecule has 6 aromatic rings. The lowest BCUT2D eigenvalue weighted by atomic mass is 9.82. The van der Waals surface area contributed by atoms with Crippen molar-refractivity contribution in [1.82, 2.24) is 9.97 Å². The van der Waals surface area contributed by atoms with Crippen LogP contribution in [0.3, 0.4) is 0 Å². The summed E-state index contributed by atoms with van der Waals surface area (Å²) < 4.78 is 0. The first-order valence-corrected chi connectivity index (χ1v) is 13.1. The van der Waals surface area contributed by atoms with E-state index in [1.165, 1.54) is 49.4 Å². The minimum absolute atomic E-state index is 0.176. The number of nitrogens with zero attached hydrogens (tertiary/aromatic N) is 2. The van der Waals surface area contributed by atoms with Gasteiger partial charge in [0.15, 0.2) is 5.82 Å². The first kappa shape index (κ1) is 21.9. The van der Waals surface area contributed by atoms with Crippen LogP contribution in [0, 0.1) is 0 Å². The van der Waals surface area contributed by atoms with Crippen LogP contribution in [0.5, 0.6) is 0 Å². The third kappa shape index (κ3) is 3.25. The zero-order valence-electron chi connectivity index (χ0n) is 21.4. The summed E-state index contributed by atoms with van der Waals surface area (Å²) >= 11 is 0. The fourth-order valence-electron chi connectivity index (χ4n) is 5.83. The summed E-state index contributed by atoms with van der Waals surface area (Å²) in [6.45, 7) is 6.82. The van der Waals surface area contributed by atoms with E-state index in [2.05, 4.69) is 112 Å². The van der Waals surface area contributed by atoms with E-state index in [0.29, 0.717) is 0 Å². The molecule has 1 aromatic heterocycles. The molecule has 0 spiro atoms. The van der Waals surface area contributed by atoms with Gasteiger partial charge in [-0.15, -0.1) is 0 Å². The molecule has 2 nitrogen and oxygen atoms in total. The van der Waals surface area contributed by atoms with Gasteiger partial charge in [-0.05, 0) is 66.8 Å². The fraction of sp³-hybridized carbons (Fsp3) is 0.143. The molecule has 0 saturated carbocycles. The van der Waals surface area contributed by atoms with Crippen LogP contribution < -0.4 is 0 Å². The van der Waals surface area contributed by atoms with Crippen molar-refractivity contribution in [3.63, 3.8) is 0 Å². The second-order valence-electron chi connectivity index (χ2n) is 10.7. The molecule has 0 amide bonds. The molecule has 0 N–H and O–H groups in total. The van der Waals surface area contributed by atoms with Crippen LogP contribution in [-0.2, 0) is 5.41 Å². The van der Waals surface area contributed by atoms with Crippen LogP contribution in [-0.4, -0.2) is 9.97 Å². The van der Waals surface area contributed by atoms with E-state index in [4.69, 9.17) is 9.97 Å². The summed E-state index contributed by atoms with van der Waals surface area (Å²) in [4.78, 5) is 9.86. The molecule has 178 valence electrons. The van der Waals surface area contributed by atoms with Gasteiger partial charge in [0.25, 0.3) is 0 Å². The van der Waals surface area contributed by atoms with E-state index in [1.54, 1.807) is 0 Å². The number of fused-ring (bicyclic) bond motifs is 5. The van der Waals surface area contributed by atoms with Gasteiger partial charge in [0.05, 0.1) is 0 Å².